The standard InChI is InChI=1S/C18H28O3/c1-4-5-6-7-10-15(2)21-14-17-12-9-8-11-16(17)13-18(19)20-3/h8-9,11-12,15H,4-7,10,13-14H2,1-3H3. The molecule has 0 aromatic heterocycles. The highest BCUT2D eigenvalue weighted by atomic mass is 16.5. The number of esters is 1. The van der Waals surface area contributed by atoms with E-state index in [0.29, 0.717) is 13.0 Å². The number of benzene rings is 1. The fraction of sp³-hybridized carbons (Fsp3) is 0.611. The van der Waals surface area contributed by atoms with Crippen LogP contribution >= 0.6 is 0 Å². The Morgan fingerprint density at radius 1 is 1.14 bits per heavy atom. The monoisotopic (exact) mass is 292 g/mol. The molecule has 0 heterocycles. The summed E-state index contributed by atoms with van der Waals surface area (Å²) in [5, 5.41) is 0. The maximum atomic E-state index is 11.4. The maximum Gasteiger partial charge on any atom is 0.309 e. The molecule has 0 saturated carbocycles. The van der Waals surface area contributed by atoms with Crippen molar-refractivity contribution in [3.8, 4) is 0 Å². The summed E-state index contributed by atoms with van der Waals surface area (Å²) in [5.41, 5.74) is 2.06. The molecule has 3 heteroatoms. The number of hydrogen-bond donors (Lipinski definition) is 0. The minimum atomic E-state index is -0.213. The molecule has 1 aromatic rings. The molecule has 0 N–H and O–H groups in total. The number of hydrogen-bond acceptors (Lipinski definition) is 3. The third-order valence-electron chi connectivity index (χ3n) is 3.67. The summed E-state index contributed by atoms with van der Waals surface area (Å²) in [7, 11) is 1.42. The second-order valence-electron chi connectivity index (χ2n) is 5.49. The van der Waals surface area contributed by atoms with E-state index >= 15 is 0 Å². The molecule has 118 valence electrons. The van der Waals surface area contributed by atoms with Crippen LogP contribution in [0.5, 0.6) is 0 Å². The van der Waals surface area contributed by atoms with Crippen molar-refractivity contribution in [3.05, 3.63) is 35.4 Å². The molecule has 0 aliphatic rings. The van der Waals surface area contributed by atoms with E-state index in [1.54, 1.807) is 0 Å². The first-order chi connectivity index (χ1) is 10.2. The fourth-order valence-electron chi connectivity index (χ4n) is 2.27. The summed E-state index contributed by atoms with van der Waals surface area (Å²) in [5.74, 6) is -0.213. The average Bonchev–Trinajstić information content (AvgIpc) is 2.50. The predicted octanol–water partition coefficient (Wildman–Crippen LogP) is 4.28. The van der Waals surface area contributed by atoms with Crippen LogP contribution in [0, 0.1) is 0 Å². The van der Waals surface area contributed by atoms with Gasteiger partial charge in [-0.1, -0.05) is 56.9 Å². The number of ether oxygens (including phenoxy) is 2. The van der Waals surface area contributed by atoms with Gasteiger partial charge in [-0.25, -0.2) is 0 Å². The van der Waals surface area contributed by atoms with Crippen molar-refractivity contribution in [2.45, 2.75) is 65.1 Å². The van der Waals surface area contributed by atoms with Gasteiger partial charge in [-0.05, 0) is 24.5 Å². The van der Waals surface area contributed by atoms with Gasteiger partial charge in [0.1, 0.15) is 0 Å². The van der Waals surface area contributed by atoms with Crippen LogP contribution in [0.3, 0.4) is 0 Å². The van der Waals surface area contributed by atoms with Crippen LogP contribution < -0.4 is 0 Å². The van der Waals surface area contributed by atoms with Gasteiger partial charge in [-0.15, -0.1) is 0 Å². The highest BCUT2D eigenvalue weighted by Gasteiger charge is 2.09. The third kappa shape index (κ3) is 7.28. The second kappa shape index (κ2) is 10.4. The molecular formula is C18H28O3. The summed E-state index contributed by atoms with van der Waals surface area (Å²) < 4.78 is 10.6. The van der Waals surface area contributed by atoms with Crippen LogP contribution in [0.25, 0.3) is 0 Å². The summed E-state index contributed by atoms with van der Waals surface area (Å²) in [6.07, 6.45) is 6.72. The average molecular weight is 292 g/mol. The van der Waals surface area contributed by atoms with Crippen molar-refractivity contribution in [3.63, 3.8) is 0 Å². The Hall–Kier alpha value is -1.35. The zero-order valence-electron chi connectivity index (χ0n) is 13.6. The van der Waals surface area contributed by atoms with Gasteiger partial charge in [0, 0.05) is 0 Å². The second-order valence-corrected chi connectivity index (χ2v) is 5.49. The van der Waals surface area contributed by atoms with Crippen molar-refractivity contribution < 1.29 is 14.3 Å². The van der Waals surface area contributed by atoms with E-state index in [-0.39, 0.29) is 12.1 Å². The van der Waals surface area contributed by atoms with Crippen molar-refractivity contribution in [1.29, 1.82) is 0 Å². The topological polar surface area (TPSA) is 35.5 Å². The van der Waals surface area contributed by atoms with Crippen molar-refractivity contribution in [1.82, 2.24) is 0 Å². The summed E-state index contributed by atoms with van der Waals surface area (Å²) >= 11 is 0. The van der Waals surface area contributed by atoms with Crippen molar-refractivity contribution in [2.24, 2.45) is 0 Å². The lowest BCUT2D eigenvalue weighted by Gasteiger charge is -2.15. The van der Waals surface area contributed by atoms with E-state index in [4.69, 9.17) is 9.47 Å². The molecule has 0 saturated heterocycles. The lowest BCUT2D eigenvalue weighted by atomic mass is 10.1. The molecule has 0 amide bonds. The Labute approximate surface area is 128 Å². The quantitative estimate of drug-likeness (QED) is 0.477. The van der Waals surface area contributed by atoms with Gasteiger partial charge in [0.2, 0.25) is 0 Å². The molecule has 1 rings (SSSR count). The number of carbonyl (C=O) groups excluding carboxylic acids is 1. The Morgan fingerprint density at radius 3 is 2.52 bits per heavy atom. The SMILES string of the molecule is CCCCCCC(C)OCc1ccccc1CC(=O)OC. The molecular weight excluding hydrogens is 264 g/mol. The van der Waals surface area contributed by atoms with Crippen molar-refractivity contribution >= 4 is 5.97 Å². The molecule has 0 aliphatic carbocycles. The van der Waals surface area contributed by atoms with Crippen LogP contribution in [0.1, 0.15) is 57.1 Å². The van der Waals surface area contributed by atoms with Gasteiger partial charge in [-0.2, -0.15) is 0 Å². The zero-order valence-corrected chi connectivity index (χ0v) is 13.6. The molecule has 21 heavy (non-hydrogen) atoms. The molecule has 3 nitrogen and oxygen atoms in total. The summed E-state index contributed by atoms with van der Waals surface area (Å²) in [4.78, 5) is 11.4. The third-order valence-corrected chi connectivity index (χ3v) is 3.67. The van der Waals surface area contributed by atoms with Crippen LogP contribution in [-0.2, 0) is 27.3 Å². The Bertz CT molecular complexity index is 415. The van der Waals surface area contributed by atoms with Gasteiger partial charge in [-0.3, -0.25) is 4.79 Å². The van der Waals surface area contributed by atoms with E-state index in [1.165, 1.54) is 32.8 Å². The fourth-order valence-corrected chi connectivity index (χ4v) is 2.27. The minimum absolute atomic E-state index is 0.213. The number of carbonyl (C=O) groups is 1. The number of unbranched alkanes of at least 4 members (excludes halogenated alkanes) is 3. The van der Waals surface area contributed by atoms with E-state index in [9.17, 15) is 4.79 Å². The summed E-state index contributed by atoms with van der Waals surface area (Å²) in [6.45, 7) is 4.90. The molecule has 0 fully saturated rings. The van der Waals surface area contributed by atoms with Gasteiger partial charge in [0.05, 0.1) is 26.2 Å². The van der Waals surface area contributed by atoms with E-state index in [1.807, 2.05) is 24.3 Å². The van der Waals surface area contributed by atoms with E-state index in [2.05, 4.69) is 13.8 Å². The lowest BCUT2D eigenvalue weighted by molar-refractivity contribution is -0.139. The van der Waals surface area contributed by atoms with E-state index in [0.717, 1.165) is 17.5 Å². The van der Waals surface area contributed by atoms with Gasteiger partial charge >= 0.3 is 5.97 Å². The normalized spacial score (nSPS) is 12.1. The van der Waals surface area contributed by atoms with E-state index < -0.39 is 0 Å². The molecule has 1 unspecified atom stereocenters. The Kier molecular flexibility index (Phi) is 8.76. The molecule has 0 spiro atoms. The van der Waals surface area contributed by atoms with Gasteiger partial charge in [0.25, 0.3) is 0 Å². The van der Waals surface area contributed by atoms with Crippen LogP contribution in [-0.4, -0.2) is 19.2 Å². The summed E-state index contributed by atoms with van der Waals surface area (Å²) in [6, 6.07) is 7.89. The first-order valence-electron chi connectivity index (χ1n) is 7.92. The van der Waals surface area contributed by atoms with Crippen LogP contribution in [0.4, 0.5) is 0 Å². The Balaban J connectivity index is 2.42. The van der Waals surface area contributed by atoms with Crippen LogP contribution in [0.15, 0.2) is 24.3 Å². The first-order valence-corrected chi connectivity index (χ1v) is 7.92. The molecule has 1 atom stereocenters. The van der Waals surface area contributed by atoms with Gasteiger partial charge in [0.15, 0.2) is 0 Å². The maximum absolute atomic E-state index is 11.4. The highest BCUT2D eigenvalue weighted by molar-refractivity contribution is 5.72. The van der Waals surface area contributed by atoms with Crippen LogP contribution in [0.2, 0.25) is 0 Å². The minimum Gasteiger partial charge on any atom is -0.469 e. The zero-order chi connectivity index (χ0) is 15.5. The van der Waals surface area contributed by atoms with Crippen molar-refractivity contribution in [2.75, 3.05) is 7.11 Å². The molecule has 0 radical (unpaired) electrons. The predicted molar refractivity (Wildman–Crippen MR) is 85.2 cm³/mol. The Morgan fingerprint density at radius 2 is 1.86 bits per heavy atom. The number of methoxy groups -OCH3 is 1. The molecule has 1 aromatic carbocycles. The van der Waals surface area contributed by atoms with Gasteiger partial charge < -0.3 is 9.47 Å². The first kappa shape index (κ1) is 17.7. The highest BCUT2D eigenvalue weighted by Crippen LogP contribution is 2.14. The lowest BCUT2D eigenvalue weighted by Crippen LogP contribution is -2.11. The molecule has 0 bridgehead atoms. The molecule has 0 aliphatic heterocycles. The number of rotatable bonds is 10. The smallest absolute Gasteiger partial charge is 0.309 e. The largest absolute Gasteiger partial charge is 0.469 e.